The fourth-order valence-corrected chi connectivity index (χ4v) is 2.65. The zero-order chi connectivity index (χ0) is 13.7. The Bertz CT molecular complexity index is 419. The smallest absolute Gasteiger partial charge is 0.306 e. The number of nitrogens with zero attached hydrogens (tertiary/aromatic N) is 1. The minimum atomic E-state index is -0.0687. The monoisotopic (exact) mass is 281 g/mol. The molecule has 1 aromatic carbocycles. The van der Waals surface area contributed by atoms with Gasteiger partial charge in [0.15, 0.2) is 0 Å². The van der Waals surface area contributed by atoms with E-state index in [1.165, 1.54) is 5.56 Å². The van der Waals surface area contributed by atoms with Crippen molar-refractivity contribution in [1.82, 2.24) is 4.90 Å². The predicted molar refractivity (Wildman–Crippen MR) is 76.1 cm³/mol. The molecular formula is C15H20ClNO2. The summed E-state index contributed by atoms with van der Waals surface area (Å²) in [5.41, 5.74) is 1.26. The van der Waals surface area contributed by atoms with Crippen LogP contribution in [0.5, 0.6) is 0 Å². The number of carbonyl (C=O) groups is 1. The number of hydrogen-bond acceptors (Lipinski definition) is 3. The average Bonchev–Trinajstić information content (AvgIpc) is 2.80. The van der Waals surface area contributed by atoms with Crippen molar-refractivity contribution in [2.24, 2.45) is 5.92 Å². The van der Waals surface area contributed by atoms with Crippen LogP contribution in [0.1, 0.15) is 25.3 Å². The van der Waals surface area contributed by atoms with E-state index in [-0.39, 0.29) is 5.97 Å². The minimum absolute atomic E-state index is 0.0687. The van der Waals surface area contributed by atoms with Crippen molar-refractivity contribution in [2.75, 3.05) is 19.7 Å². The molecule has 0 N–H and O–H groups in total. The summed E-state index contributed by atoms with van der Waals surface area (Å²) in [5, 5.41) is 0.769. The Balaban J connectivity index is 1.78. The molecule has 104 valence electrons. The maximum Gasteiger partial charge on any atom is 0.306 e. The lowest BCUT2D eigenvalue weighted by Crippen LogP contribution is -2.21. The van der Waals surface area contributed by atoms with Gasteiger partial charge in [0.1, 0.15) is 0 Å². The van der Waals surface area contributed by atoms with E-state index in [4.69, 9.17) is 16.3 Å². The topological polar surface area (TPSA) is 29.5 Å². The van der Waals surface area contributed by atoms with Gasteiger partial charge in [-0.3, -0.25) is 9.69 Å². The van der Waals surface area contributed by atoms with Crippen LogP contribution in [-0.4, -0.2) is 30.6 Å². The Morgan fingerprint density at radius 2 is 2.16 bits per heavy atom. The Hall–Kier alpha value is -1.06. The third kappa shape index (κ3) is 4.51. The zero-order valence-corrected chi connectivity index (χ0v) is 12.0. The van der Waals surface area contributed by atoms with Crippen molar-refractivity contribution in [3.63, 3.8) is 0 Å². The van der Waals surface area contributed by atoms with E-state index < -0.39 is 0 Å². The van der Waals surface area contributed by atoms with Crippen LogP contribution in [0.4, 0.5) is 0 Å². The molecule has 2 rings (SSSR count). The van der Waals surface area contributed by atoms with E-state index >= 15 is 0 Å². The van der Waals surface area contributed by atoms with Crippen molar-refractivity contribution in [3.05, 3.63) is 34.9 Å². The summed E-state index contributed by atoms with van der Waals surface area (Å²) in [6.45, 7) is 5.27. The minimum Gasteiger partial charge on any atom is -0.466 e. The fourth-order valence-electron chi connectivity index (χ4n) is 2.53. The maximum atomic E-state index is 11.4. The lowest BCUT2D eigenvalue weighted by molar-refractivity contribution is -0.144. The number of halogens is 1. The van der Waals surface area contributed by atoms with Crippen LogP contribution >= 0.6 is 11.6 Å². The van der Waals surface area contributed by atoms with Gasteiger partial charge in [0.05, 0.1) is 6.61 Å². The standard InChI is InChI=1S/C15H20ClNO2/c1-2-19-15(18)9-13-7-8-17(11-13)10-12-3-5-14(16)6-4-12/h3-6,13H,2,7-11H2,1H3. The molecule has 0 aromatic heterocycles. The highest BCUT2D eigenvalue weighted by atomic mass is 35.5. The van der Waals surface area contributed by atoms with Gasteiger partial charge in [0.25, 0.3) is 0 Å². The highest BCUT2D eigenvalue weighted by Crippen LogP contribution is 2.22. The van der Waals surface area contributed by atoms with E-state index in [1.807, 2.05) is 19.1 Å². The lowest BCUT2D eigenvalue weighted by Gasteiger charge is -2.16. The molecule has 0 amide bonds. The number of rotatable bonds is 5. The number of carbonyl (C=O) groups excluding carboxylic acids is 1. The van der Waals surface area contributed by atoms with Crippen molar-refractivity contribution >= 4 is 17.6 Å². The van der Waals surface area contributed by atoms with E-state index in [0.29, 0.717) is 18.9 Å². The molecule has 1 atom stereocenters. The molecular weight excluding hydrogens is 262 g/mol. The molecule has 1 aromatic rings. The maximum absolute atomic E-state index is 11.4. The van der Waals surface area contributed by atoms with Gasteiger partial charge in [-0.15, -0.1) is 0 Å². The second-order valence-electron chi connectivity index (χ2n) is 5.03. The third-order valence-corrected chi connectivity index (χ3v) is 3.70. The first-order chi connectivity index (χ1) is 9.17. The van der Waals surface area contributed by atoms with Crippen molar-refractivity contribution in [1.29, 1.82) is 0 Å². The molecule has 0 spiro atoms. The second-order valence-corrected chi connectivity index (χ2v) is 5.46. The number of hydrogen-bond donors (Lipinski definition) is 0. The Labute approximate surface area is 119 Å². The van der Waals surface area contributed by atoms with Crippen molar-refractivity contribution in [3.8, 4) is 0 Å². The molecule has 1 fully saturated rings. The van der Waals surface area contributed by atoms with Gasteiger partial charge in [0.2, 0.25) is 0 Å². The SMILES string of the molecule is CCOC(=O)CC1CCN(Cc2ccc(Cl)cc2)C1. The number of esters is 1. The molecule has 1 heterocycles. The van der Waals surface area contributed by atoms with Crippen LogP contribution in [0, 0.1) is 5.92 Å². The molecule has 4 heteroatoms. The summed E-state index contributed by atoms with van der Waals surface area (Å²) in [5.74, 6) is 0.368. The van der Waals surface area contributed by atoms with Gasteiger partial charge >= 0.3 is 5.97 Å². The lowest BCUT2D eigenvalue weighted by atomic mass is 10.1. The summed E-state index contributed by atoms with van der Waals surface area (Å²) >= 11 is 5.87. The normalized spacial score (nSPS) is 19.6. The first-order valence-corrected chi connectivity index (χ1v) is 7.17. The van der Waals surface area contributed by atoms with Crippen molar-refractivity contribution < 1.29 is 9.53 Å². The highest BCUT2D eigenvalue weighted by Gasteiger charge is 2.24. The molecule has 1 saturated heterocycles. The Kier molecular flexibility index (Phi) is 5.23. The van der Waals surface area contributed by atoms with Gasteiger partial charge in [-0.25, -0.2) is 0 Å². The quantitative estimate of drug-likeness (QED) is 0.777. The summed E-state index contributed by atoms with van der Waals surface area (Å²) in [6.07, 6.45) is 1.62. The van der Waals surface area contributed by atoms with Crippen molar-refractivity contribution in [2.45, 2.75) is 26.3 Å². The van der Waals surface area contributed by atoms with Gasteiger partial charge < -0.3 is 4.74 Å². The number of benzene rings is 1. The van der Waals surface area contributed by atoms with Gasteiger partial charge in [-0.2, -0.15) is 0 Å². The first-order valence-electron chi connectivity index (χ1n) is 6.79. The van der Waals surface area contributed by atoms with Gasteiger partial charge in [-0.05, 0) is 43.5 Å². The third-order valence-electron chi connectivity index (χ3n) is 3.45. The molecule has 0 bridgehead atoms. The molecule has 19 heavy (non-hydrogen) atoms. The zero-order valence-electron chi connectivity index (χ0n) is 11.3. The van der Waals surface area contributed by atoms with E-state index in [2.05, 4.69) is 17.0 Å². The Morgan fingerprint density at radius 3 is 2.84 bits per heavy atom. The average molecular weight is 282 g/mol. The van der Waals surface area contributed by atoms with E-state index in [0.717, 1.165) is 31.1 Å². The molecule has 0 aliphatic carbocycles. The largest absolute Gasteiger partial charge is 0.466 e. The van der Waals surface area contributed by atoms with Crippen LogP contribution in [0.25, 0.3) is 0 Å². The predicted octanol–water partition coefficient (Wildman–Crippen LogP) is 3.12. The van der Waals surface area contributed by atoms with Crippen LogP contribution < -0.4 is 0 Å². The van der Waals surface area contributed by atoms with Crippen LogP contribution in [0.15, 0.2) is 24.3 Å². The molecule has 1 aliphatic heterocycles. The summed E-state index contributed by atoms with van der Waals surface area (Å²) in [4.78, 5) is 13.8. The van der Waals surface area contributed by atoms with E-state index in [1.54, 1.807) is 0 Å². The van der Waals surface area contributed by atoms with Crippen LogP contribution in [0.2, 0.25) is 5.02 Å². The summed E-state index contributed by atoms with van der Waals surface area (Å²) < 4.78 is 5.00. The van der Waals surface area contributed by atoms with Crippen LogP contribution in [-0.2, 0) is 16.1 Å². The fraction of sp³-hybridized carbons (Fsp3) is 0.533. The van der Waals surface area contributed by atoms with E-state index in [9.17, 15) is 4.79 Å². The Morgan fingerprint density at radius 1 is 1.42 bits per heavy atom. The highest BCUT2D eigenvalue weighted by molar-refractivity contribution is 6.30. The van der Waals surface area contributed by atoms with Crippen LogP contribution in [0.3, 0.4) is 0 Å². The molecule has 1 unspecified atom stereocenters. The van der Waals surface area contributed by atoms with Gasteiger partial charge in [-0.1, -0.05) is 23.7 Å². The molecule has 0 radical (unpaired) electrons. The molecule has 1 aliphatic rings. The molecule has 0 saturated carbocycles. The summed E-state index contributed by atoms with van der Waals surface area (Å²) in [7, 11) is 0. The number of ether oxygens (including phenoxy) is 1. The van der Waals surface area contributed by atoms with Gasteiger partial charge in [0, 0.05) is 24.5 Å². The molecule has 3 nitrogen and oxygen atoms in total. The first kappa shape index (κ1) is 14.4. The summed E-state index contributed by atoms with van der Waals surface area (Å²) in [6, 6.07) is 7.95. The second kappa shape index (κ2) is 6.92. The number of likely N-dealkylation sites (tertiary alicyclic amines) is 1.